The van der Waals surface area contributed by atoms with Gasteiger partial charge in [0.25, 0.3) is 0 Å². The molecule has 1 heterocycles. The molecular formula is C24H21NO3. The van der Waals surface area contributed by atoms with Gasteiger partial charge in [-0.1, -0.05) is 29.8 Å². The van der Waals surface area contributed by atoms with Gasteiger partial charge in [0, 0.05) is 24.0 Å². The fourth-order valence-electron chi connectivity index (χ4n) is 3.30. The summed E-state index contributed by atoms with van der Waals surface area (Å²) in [4.78, 5) is 15.0. The van der Waals surface area contributed by atoms with Gasteiger partial charge < -0.3 is 14.1 Å². The minimum atomic E-state index is -0.159. The maximum Gasteiger partial charge on any atom is 0.235 e. The van der Waals surface area contributed by atoms with Crippen LogP contribution in [0, 0.1) is 6.92 Å². The molecule has 4 rings (SSSR count). The van der Waals surface area contributed by atoms with E-state index in [4.69, 9.17) is 9.15 Å². The molecule has 0 fully saturated rings. The first-order valence-electron chi connectivity index (χ1n) is 9.09. The highest BCUT2D eigenvalue weighted by Gasteiger charge is 2.17. The molecule has 0 amide bonds. The summed E-state index contributed by atoms with van der Waals surface area (Å²) < 4.78 is 11.5. The number of hydrogen-bond donors (Lipinski definition) is 0. The molecule has 0 unspecified atom stereocenters. The first kappa shape index (κ1) is 17.9. The van der Waals surface area contributed by atoms with Gasteiger partial charge in [0.15, 0.2) is 5.76 Å². The van der Waals surface area contributed by atoms with Gasteiger partial charge in [-0.2, -0.15) is 0 Å². The van der Waals surface area contributed by atoms with Crippen LogP contribution in [0.5, 0.6) is 5.75 Å². The van der Waals surface area contributed by atoms with E-state index in [1.54, 1.807) is 0 Å². The second-order valence-corrected chi connectivity index (χ2v) is 6.73. The summed E-state index contributed by atoms with van der Waals surface area (Å²) in [6.45, 7) is 1.95. The maximum atomic E-state index is 12.9. The summed E-state index contributed by atoms with van der Waals surface area (Å²) in [6.07, 6.45) is 0. The smallest absolute Gasteiger partial charge is 0.235 e. The van der Waals surface area contributed by atoms with Gasteiger partial charge in [-0.15, -0.1) is 0 Å². The summed E-state index contributed by atoms with van der Waals surface area (Å²) >= 11 is 0. The van der Waals surface area contributed by atoms with Gasteiger partial charge >= 0.3 is 0 Å². The van der Waals surface area contributed by atoms with E-state index in [-0.39, 0.29) is 11.2 Å². The van der Waals surface area contributed by atoms with Gasteiger partial charge in [0.2, 0.25) is 11.2 Å². The van der Waals surface area contributed by atoms with Crippen LogP contribution < -0.4 is 15.1 Å². The number of methoxy groups -OCH3 is 1. The zero-order chi connectivity index (χ0) is 19.7. The van der Waals surface area contributed by atoms with Crippen LogP contribution in [0.2, 0.25) is 0 Å². The molecule has 0 aliphatic heterocycles. The van der Waals surface area contributed by atoms with Crippen molar-refractivity contribution in [3.63, 3.8) is 0 Å². The molecule has 0 N–H and O–H groups in total. The van der Waals surface area contributed by atoms with Crippen molar-refractivity contribution >= 4 is 22.3 Å². The van der Waals surface area contributed by atoms with Crippen LogP contribution in [0.3, 0.4) is 0 Å². The fraction of sp³-hybridized carbons (Fsp3) is 0.125. The zero-order valence-electron chi connectivity index (χ0n) is 16.1. The van der Waals surface area contributed by atoms with Crippen molar-refractivity contribution in [2.45, 2.75) is 6.92 Å². The van der Waals surface area contributed by atoms with Crippen LogP contribution >= 0.6 is 0 Å². The monoisotopic (exact) mass is 371 g/mol. The third kappa shape index (κ3) is 3.14. The number of rotatable bonds is 4. The van der Waals surface area contributed by atoms with Crippen molar-refractivity contribution in [2.24, 2.45) is 0 Å². The lowest BCUT2D eigenvalue weighted by Gasteiger charge is -2.19. The molecule has 3 aromatic carbocycles. The molecule has 0 spiro atoms. The highest BCUT2D eigenvalue weighted by atomic mass is 16.5. The van der Waals surface area contributed by atoms with E-state index in [2.05, 4.69) is 17.0 Å². The Morgan fingerprint density at radius 3 is 2.25 bits per heavy atom. The number of ether oxygens (including phenoxy) is 1. The second-order valence-electron chi connectivity index (χ2n) is 6.73. The van der Waals surface area contributed by atoms with E-state index in [0.29, 0.717) is 16.7 Å². The average molecular weight is 371 g/mol. The van der Waals surface area contributed by atoms with Gasteiger partial charge in [-0.05, 0) is 55.5 Å². The van der Waals surface area contributed by atoms with E-state index in [1.807, 2.05) is 74.6 Å². The van der Waals surface area contributed by atoms with Crippen molar-refractivity contribution in [3.8, 4) is 17.1 Å². The number of aryl methyl sites for hydroxylation is 1. The molecule has 4 nitrogen and oxygen atoms in total. The molecule has 0 atom stereocenters. The van der Waals surface area contributed by atoms with Crippen molar-refractivity contribution < 1.29 is 9.15 Å². The molecule has 0 saturated heterocycles. The molecule has 0 bridgehead atoms. The number of fused-ring (bicyclic) bond motifs is 1. The van der Waals surface area contributed by atoms with Gasteiger partial charge in [-0.3, -0.25) is 4.79 Å². The highest BCUT2D eigenvalue weighted by Crippen LogP contribution is 2.33. The van der Waals surface area contributed by atoms with Crippen molar-refractivity contribution in [1.82, 2.24) is 0 Å². The molecule has 0 aliphatic rings. The van der Waals surface area contributed by atoms with E-state index in [9.17, 15) is 4.79 Å². The van der Waals surface area contributed by atoms with Crippen molar-refractivity contribution in [2.75, 3.05) is 19.1 Å². The standard InChI is InChI=1S/C24H21NO3/c1-16-9-14-21-20(15-16)22(26)24(27-3)23(28-21)17-10-12-19(13-11-17)25(2)18-7-5-4-6-8-18/h4-15H,1-3H3. The minimum absolute atomic E-state index is 0.159. The SMILES string of the molecule is COc1c(-c2ccc(N(C)c3ccccc3)cc2)oc2ccc(C)cc2c1=O. The van der Waals surface area contributed by atoms with Gasteiger partial charge in [0.05, 0.1) is 12.5 Å². The normalized spacial score (nSPS) is 10.8. The Hall–Kier alpha value is -3.53. The average Bonchev–Trinajstić information content (AvgIpc) is 2.74. The van der Waals surface area contributed by atoms with Crippen LogP contribution in [-0.2, 0) is 0 Å². The molecule has 140 valence electrons. The predicted octanol–water partition coefficient (Wildman–Crippen LogP) is 5.54. The Bertz CT molecular complexity index is 1180. The first-order valence-corrected chi connectivity index (χ1v) is 9.09. The molecule has 28 heavy (non-hydrogen) atoms. The van der Waals surface area contributed by atoms with Crippen molar-refractivity contribution in [1.29, 1.82) is 0 Å². The zero-order valence-corrected chi connectivity index (χ0v) is 16.1. The number of benzene rings is 3. The molecule has 0 radical (unpaired) electrons. The fourth-order valence-corrected chi connectivity index (χ4v) is 3.30. The van der Waals surface area contributed by atoms with Crippen LogP contribution in [0.25, 0.3) is 22.3 Å². The number of nitrogens with zero attached hydrogens (tertiary/aromatic N) is 1. The third-order valence-electron chi connectivity index (χ3n) is 4.87. The number of anilines is 2. The molecular weight excluding hydrogens is 350 g/mol. The third-order valence-corrected chi connectivity index (χ3v) is 4.87. The summed E-state index contributed by atoms with van der Waals surface area (Å²) in [5.41, 5.74) is 4.32. The van der Waals surface area contributed by atoms with Crippen LogP contribution in [0.4, 0.5) is 11.4 Å². The lowest BCUT2D eigenvalue weighted by Crippen LogP contribution is -2.09. The molecule has 0 saturated carbocycles. The Morgan fingerprint density at radius 2 is 1.57 bits per heavy atom. The highest BCUT2D eigenvalue weighted by molar-refractivity contribution is 5.83. The van der Waals surface area contributed by atoms with E-state index in [0.717, 1.165) is 22.5 Å². The Morgan fingerprint density at radius 1 is 0.893 bits per heavy atom. The lowest BCUT2D eigenvalue weighted by atomic mass is 10.1. The molecule has 4 heteroatoms. The summed E-state index contributed by atoms with van der Waals surface area (Å²) in [5, 5.41) is 0.529. The second kappa shape index (κ2) is 7.24. The van der Waals surface area contributed by atoms with Gasteiger partial charge in [-0.25, -0.2) is 0 Å². The quantitative estimate of drug-likeness (QED) is 0.472. The van der Waals surface area contributed by atoms with E-state index in [1.165, 1.54) is 7.11 Å². The molecule has 0 aliphatic carbocycles. The summed E-state index contributed by atoms with van der Waals surface area (Å²) in [6, 6.07) is 23.6. The Labute approximate surface area is 163 Å². The van der Waals surface area contributed by atoms with Gasteiger partial charge in [0.1, 0.15) is 5.58 Å². The van der Waals surface area contributed by atoms with Crippen LogP contribution in [0.1, 0.15) is 5.56 Å². The van der Waals surface area contributed by atoms with Crippen LogP contribution in [-0.4, -0.2) is 14.2 Å². The summed E-state index contributed by atoms with van der Waals surface area (Å²) in [7, 11) is 3.51. The largest absolute Gasteiger partial charge is 0.490 e. The number of hydrogen-bond acceptors (Lipinski definition) is 4. The Kier molecular flexibility index (Phi) is 4.62. The maximum absolute atomic E-state index is 12.9. The van der Waals surface area contributed by atoms with Crippen molar-refractivity contribution in [3.05, 3.63) is 88.6 Å². The predicted molar refractivity (Wildman–Crippen MR) is 114 cm³/mol. The molecule has 1 aromatic heterocycles. The van der Waals surface area contributed by atoms with E-state index < -0.39 is 0 Å². The lowest BCUT2D eigenvalue weighted by molar-refractivity contribution is 0.398. The topological polar surface area (TPSA) is 42.7 Å². The molecule has 4 aromatic rings. The van der Waals surface area contributed by atoms with E-state index >= 15 is 0 Å². The van der Waals surface area contributed by atoms with Crippen LogP contribution in [0.15, 0.2) is 82.0 Å². The summed E-state index contributed by atoms with van der Waals surface area (Å²) in [5.74, 6) is 0.667. The number of para-hydroxylation sites is 1. The first-order chi connectivity index (χ1) is 13.6. The minimum Gasteiger partial charge on any atom is -0.490 e. The Balaban J connectivity index is 1.78.